The number of nitrogens with zero attached hydrogens (tertiary/aromatic N) is 1. The molecule has 1 rings (SSSR count). The van der Waals surface area contributed by atoms with Crippen LogP contribution < -0.4 is 16.0 Å². The smallest absolute Gasteiger partial charge is 0.241 e. The summed E-state index contributed by atoms with van der Waals surface area (Å²) < 4.78 is 0. The Balaban J connectivity index is 2.38. The van der Waals surface area contributed by atoms with Gasteiger partial charge in [-0.2, -0.15) is 0 Å². The molecule has 1 aliphatic heterocycles. The van der Waals surface area contributed by atoms with Crippen LogP contribution in [0.15, 0.2) is 0 Å². The van der Waals surface area contributed by atoms with E-state index in [-0.39, 0.29) is 24.4 Å². The Bertz CT molecular complexity index is 275. The SMILES string of the molecule is CCNC(=O)CN(C)C(=O)C1CNC(C)CN1. The Kier molecular flexibility index (Phi) is 5.37. The summed E-state index contributed by atoms with van der Waals surface area (Å²) in [6, 6.07) is 0.151. The Hall–Kier alpha value is -1.14. The Morgan fingerprint density at radius 3 is 2.59 bits per heavy atom. The number of carbonyl (C=O) groups is 2. The molecule has 1 heterocycles. The third-order valence-electron chi connectivity index (χ3n) is 2.77. The third kappa shape index (κ3) is 4.32. The van der Waals surface area contributed by atoms with Crippen LogP contribution >= 0.6 is 0 Å². The largest absolute Gasteiger partial charge is 0.355 e. The van der Waals surface area contributed by atoms with Gasteiger partial charge in [-0.3, -0.25) is 9.59 Å². The molecule has 3 N–H and O–H groups in total. The van der Waals surface area contributed by atoms with Crippen LogP contribution in [0.2, 0.25) is 0 Å². The first kappa shape index (κ1) is 13.9. The molecule has 0 aromatic heterocycles. The van der Waals surface area contributed by atoms with Crippen LogP contribution in [0.25, 0.3) is 0 Å². The van der Waals surface area contributed by atoms with Crippen LogP contribution in [0, 0.1) is 0 Å². The molecule has 0 aromatic carbocycles. The number of amides is 2. The van der Waals surface area contributed by atoms with E-state index in [2.05, 4.69) is 22.9 Å². The number of likely N-dealkylation sites (N-methyl/N-ethyl adjacent to an activating group) is 2. The Labute approximate surface area is 102 Å². The molecule has 1 saturated heterocycles. The molecular formula is C11H22N4O2. The number of carbonyl (C=O) groups excluding carboxylic acids is 2. The van der Waals surface area contributed by atoms with Crippen molar-refractivity contribution in [1.29, 1.82) is 0 Å². The minimum Gasteiger partial charge on any atom is -0.355 e. The highest BCUT2D eigenvalue weighted by atomic mass is 16.2. The van der Waals surface area contributed by atoms with Crippen LogP contribution in [0.5, 0.6) is 0 Å². The molecule has 0 spiro atoms. The molecule has 98 valence electrons. The van der Waals surface area contributed by atoms with Gasteiger partial charge in [0.1, 0.15) is 0 Å². The first-order chi connectivity index (χ1) is 8.04. The van der Waals surface area contributed by atoms with E-state index in [0.29, 0.717) is 19.1 Å². The summed E-state index contributed by atoms with van der Waals surface area (Å²) in [5.74, 6) is -0.170. The van der Waals surface area contributed by atoms with E-state index in [1.54, 1.807) is 7.05 Å². The zero-order valence-corrected chi connectivity index (χ0v) is 10.7. The van der Waals surface area contributed by atoms with Crippen LogP contribution in [0.4, 0.5) is 0 Å². The predicted molar refractivity (Wildman–Crippen MR) is 65.6 cm³/mol. The lowest BCUT2D eigenvalue weighted by Gasteiger charge is -2.30. The zero-order valence-electron chi connectivity index (χ0n) is 10.7. The van der Waals surface area contributed by atoms with E-state index in [9.17, 15) is 9.59 Å². The number of nitrogens with one attached hydrogen (secondary N) is 3. The first-order valence-corrected chi connectivity index (χ1v) is 6.03. The van der Waals surface area contributed by atoms with Gasteiger partial charge >= 0.3 is 0 Å². The molecule has 0 saturated carbocycles. The van der Waals surface area contributed by atoms with Gasteiger partial charge in [0.25, 0.3) is 0 Å². The molecule has 17 heavy (non-hydrogen) atoms. The standard InChI is InChI=1S/C11H22N4O2/c1-4-12-10(16)7-15(3)11(17)9-6-13-8(2)5-14-9/h8-9,13-14H,4-7H2,1-3H3,(H,12,16). The van der Waals surface area contributed by atoms with Crippen LogP contribution in [-0.4, -0.2) is 62.0 Å². The molecule has 6 nitrogen and oxygen atoms in total. The lowest BCUT2D eigenvalue weighted by molar-refractivity contribution is -0.136. The minimum atomic E-state index is -0.231. The van der Waals surface area contributed by atoms with Gasteiger partial charge in [0.15, 0.2) is 0 Å². The molecule has 2 amide bonds. The third-order valence-corrected chi connectivity index (χ3v) is 2.77. The summed E-state index contributed by atoms with van der Waals surface area (Å²) in [6.07, 6.45) is 0. The average molecular weight is 242 g/mol. The Morgan fingerprint density at radius 2 is 2.06 bits per heavy atom. The summed E-state index contributed by atoms with van der Waals surface area (Å²) in [5.41, 5.74) is 0. The van der Waals surface area contributed by atoms with Crippen LogP contribution in [-0.2, 0) is 9.59 Å². The lowest BCUT2D eigenvalue weighted by Crippen LogP contribution is -2.59. The van der Waals surface area contributed by atoms with Gasteiger partial charge in [-0.1, -0.05) is 0 Å². The second-order valence-corrected chi connectivity index (χ2v) is 4.42. The zero-order chi connectivity index (χ0) is 12.8. The highest BCUT2D eigenvalue weighted by Gasteiger charge is 2.26. The van der Waals surface area contributed by atoms with Gasteiger partial charge in [-0.05, 0) is 13.8 Å². The van der Waals surface area contributed by atoms with Crippen LogP contribution in [0.3, 0.4) is 0 Å². The van der Waals surface area contributed by atoms with Crippen molar-refractivity contribution in [1.82, 2.24) is 20.9 Å². The second-order valence-electron chi connectivity index (χ2n) is 4.42. The van der Waals surface area contributed by atoms with Crippen molar-refractivity contribution in [2.24, 2.45) is 0 Å². The van der Waals surface area contributed by atoms with E-state index >= 15 is 0 Å². The van der Waals surface area contributed by atoms with E-state index < -0.39 is 0 Å². The number of rotatable bonds is 4. The molecule has 1 aliphatic rings. The number of hydrogen-bond donors (Lipinski definition) is 3. The fourth-order valence-corrected chi connectivity index (χ4v) is 1.77. The van der Waals surface area contributed by atoms with Gasteiger partial charge < -0.3 is 20.9 Å². The van der Waals surface area contributed by atoms with E-state index in [0.717, 1.165) is 6.54 Å². The van der Waals surface area contributed by atoms with Gasteiger partial charge in [0.05, 0.1) is 12.6 Å². The molecule has 2 atom stereocenters. The molecular weight excluding hydrogens is 220 g/mol. The monoisotopic (exact) mass is 242 g/mol. The molecule has 0 aliphatic carbocycles. The van der Waals surface area contributed by atoms with Crippen molar-refractivity contribution in [3.05, 3.63) is 0 Å². The molecule has 6 heteroatoms. The Morgan fingerprint density at radius 1 is 1.35 bits per heavy atom. The van der Waals surface area contributed by atoms with Crippen molar-refractivity contribution < 1.29 is 9.59 Å². The highest BCUT2D eigenvalue weighted by molar-refractivity contribution is 5.87. The summed E-state index contributed by atoms with van der Waals surface area (Å²) in [5, 5.41) is 9.08. The molecule has 1 fully saturated rings. The molecule has 0 aromatic rings. The van der Waals surface area contributed by atoms with Gasteiger partial charge in [-0.15, -0.1) is 0 Å². The predicted octanol–water partition coefficient (Wildman–Crippen LogP) is -1.47. The summed E-state index contributed by atoms with van der Waals surface area (Å²) in [4.78, 5) is 24.8. The quantitative estimate of drug-likeness (QED) is 0.563. The van der Waals surface area contributed by atoms with Gasteiger partial charge in [-0.25, -0.2) is 0 Å². The summed E-state index contributed by atoms with van der Waals surface area (Å²) in [6.45, 7) is 5.99. The maximum Gasteiger partial charge on any atom is 0.241 e. The highest BCUT2D eigenvalue weighted by Crippen LogP contribution is 1.97. The maximum atomic E-state index is 12.0. The maximum absolute atomic E-state index is 12.0. The van der Waals surface area contributed by atoms with Gasteiger partial charge in [0, 0.05) is 32.7 Å². The first-order valence-electron chi connectivity index (χ1n) is 6.03. The molecule has 0 radical (unpaired) electrons. The second kappa shape index (κ2) is 6.56. The van der Waals surface area contributed by atoms with Crippen molar-refractivity contribution in [2.45, 2.75) is 25.9 Å². The van der Waals surface area contributed by atoms with E-state index in [1.807, 2.05) is 6.92 Å². The normalized spacial score (nSPS) is 24.2. The fourth-order valence-electron chi connectivity index (χ4n) is 1.77. The van der Waals surface area contributed by atoms with E-state index in [1.165, 1.54) is 4.90 Å². The molecule has 2 unspecified atom stereocenters. The average Bonchev–Trinajstić information content (AvgIpc) is 2.29. The van der Waals surface area contributed by atoms with E-state index in [4.69, 9.17) is 0 Å². The lowest BCUT2D eigenvalue weighted by atomic mass is 10.1. The van der Waals surface area contributed by atoms with Gasteiger partial charge in [0.2, 0.25) is 11.8 Å². The number of piperazine rings is 1. The van der Waals surface area contributed by atoms with Crippen molar-refractivity contribution in [3.8, 4) is 0 Å². The topological polar surface area (TPSA) is 73.5 Å². The van der Waals surface area contributed by atoms with Crippen molar-refractivity contribution >= 4 is 11.8 Å². The fraction of sp³-hybridized carbons (Fsp3) is 0.818. The number of hydrogen-bond acceptors (Lipinski definition) is 4. The van der Waals surface area contributed by atoms with Crippen molar-refractivity contribution in [3.63, 3.8) is 0 Å². The van der Waals surface area contributed by atoms with Crippen LogP contribution in [0.1, 0.15) is 13.8 Å². The summed E-state index contributed by atoms with van der Waals surface area (Å²) >= 11 is 0. The molecule has 0 bridgehead atoms. The summed E-state index contributed by atoms with van der Waals surface area (Å²) in [7, 11) is 1.65. The van der Waals surface area contributed by atoms with Crippen molar-refractivity contribution in [2.75, 3.05) is 33.2 Å². The minimum absolute atomic E-state index is 0.0457.